The molecule has 0 radical (unpaired) electrons. The summed E-state index contributed by atoms with van der Waals surface area (Å²) in [5, 5.41) is 3.13. The fourth-order valence-electron chi connectivity index (χ4n) is 2.47. The van der Waals surface area contributed by atoms with Crippen molar-refractivity contribution in [3.05, 3.63) is 67.2 Å². The average molecular weight is 387 g/mol. The first-order valence-electron chi connectivity index (χ1n) is 8.05. The van der Waals surface area contributed by atoms with Crippen molar-refractivity contribution in [2.75, 3.05) is 5.32 Å². The van der Waals surface area contributed by atoms with Crippen LogP contribution in [-0.4, -0.2) is 16.3 Å². The lowest BCUT2D eigenvalue weighted by Gasteiger charge is -2.10. The van der Waals surface area contributed by atoms with Crippen LogP contribution in [0.15, 0.2) is 71.6 Å². The lowest BCUT2D eigenvalue weighted by Crippen LogP contribution is -2.16. The third-order valence-corrected chi connectivity index (χ3v) is 3.65. The Bertz CT molecular complexity index is 1080. The topological polar surface area (TPSA) is 69.4 Å². The Hall–Kier alpha value is -3.75. The number of aromatic nitrogens is 2. The fourth-order valence-corrected chi connectivity index (χ4v) is 2.47. The molecule has 1 N–H and O–H groups in total. The molecule has 4 rings (SSSR count). The second-order valence-corrected chi connectivity index (χ2v) is 5.63. The summed E-state index contributed by atoms with van der Waals surface area (Å²) in [6, 6.07) is 13.9. The van der Waals surface area contributed by atoms with Gasteiger partial charge in [-0.3, -0.25) is 0 Å². The Morgan fingerprint density at radius 2 is 1.46 bits per heavy atom. The van der Waals surface area contributed by atoms with E-state index in [9.17, 15) is 13.2 Å². The SMILES string of the molecule is FC(F)(F)Oc1ccc(Oc2ccc(Nc3ncnc4ccoc34)cc2)cc1. The monoisotopic (exact) mass is 387 g/mol. The molecule has 28 heavy (non-hydrogen) atoms. The highest BCUT2D eigenvalue weighted by Crippen LogP contribution is 2.29. The second-order valence-electron chi connectivity index (χ2n) is 5.63. The van der Waals surface area contributed by atoms with Crippen LogP contribution in [0.4, 0.5) is 24.7 Å². The first-order chi connectivity index (χ1) is 13.5. The number of rotatable bonds is 5. The van der Waals surface area contributed by atoms with E-state index in [1.807, 2.05) is 0 Å². The van der Waals surface area contributed by atoms with E-state index in [0.29, 0.717) is 28.4 Å². The van der Waals surface area contributed by atoms with Crippen LogP contribution in [0.2, 0.25) is 0 Å². The van der Waals surface area contributed by atoms with E-state index in [1.54, 1.807) is 30.3 Å². The highest BCUT2D eigenvalue weighted by atomic mass is 19.4. The summed E-state index contributed by atoms with van der Waals surface area (Å²) in [4.78, 5) is 8.25. The maximum atomic E-state index is 12.2. The van der Waals surface area contributed by atoms with Crippen LogP contribution in [0, 0.1) is 0 Å². The Morgan fingerprint density at radius 3 is 2.14 bits per heavy atom. The van der Waals surface area contributed by atoms with E-state index in [2.05, 4.69) is 20.0 Å². The molecular formula is C19H12F3N3O3. The quantitative estimate of drug-likeness (QED) is 0.477. The molecule has 0 fully saturated rings. The first kappa shape index (κ1) is 17.7. The molecule has 0 aliphatic rings. The number of nitrogens with one attached hydrogen (secondary N) is 1. The van der Waals surface area contributed by atoms with Crippen molar-refractivity contribution in [1.82, 2.24) is 9.97 Å². The number of hydrogen-bond acceptors (Lipinski definition) is 6. The minimum absolute atomic E-state index is 0.312. The van der Waals surface area contributed by atoms with E-state index in [-0.39, 0.29) is 5.75 Å². The predicted octanol–water partition coefficient (Wildman–Crippen LogP) is 5.66. The van der Waals surface area contributed by atoms with Gasteiger partial charge < -0.3 is 19.2 Å². The van der Waals surface area contributed by atoms with E-state index in [0.717, 1.165) is 5.69 Å². The molecule has 142 valence electrons. The van der Waals surface area contributed by atoms with Crippen molar-refractivity contribution in [3.8, 4) is 17.2 Å². The van der Waals surface area contributed by atoms with Crippen LogP contribution in [0.25, 0.3) is 11.1 Å². The predicted molar refractivity (Wildman–Crippen MR) is 94.7 cm³/mol. The molecular weight excluding hydrogens is 375 g/mol. The molecule has 0 aliphatic carbocycles. The number of nitrogens with zero attached hydrogens (tertiary/aromatic N) is 2. The van der Waals surface area contributed by atoms with Crippen LogP contribution in [0.1, 0.15) is 0 Å². The summed E-state index contributed by atoms with van der Waals surface area (Å²) in [5.74, 6) is 1.11. The van der Waals surface area contributed by atoms with Crippen molar-refractivity contribution < 1.29 is 27.1 Å². The van der Waals surface area contributed by atoms with Gasteiger partial charge in [-0.2, -0.15) is 0 Å². The summed E-state index contributed by atoms with van der Waals surface area (Å²) in [5.41, 5.74) is 1.98. The molecule has 0 saturated carbocycles. The van der Waals surface area contributed by atoms with Gasteiger partial charge in [-0.05, 0) is 48.5 Å². The van der Waals surface area contributed by atoms with Crippen LogP contribution in [-0.2, 0) is 0 Å². The lowest BCUT2D eigenvalue weighted by atomic mass is 10.3. The van der Waals surface area contributed by atoms with Crippen molar-refractivity contribution in [2.45, 2.75) is 6.36 Å². The van der Waals surface area contributed by atoms with Crippen molar-refractivity contribution in [3.63, 3.8) is 0 Å². The zero-order valence-electron chi connectivity index (χ0n) is 14.1. The normalized spacial score (nSPS) is 11.4. The molecule has 0 saturated heterocycles. The van der Waals surface area contributed by atoms with E-state index in [4.69, 9.17) is 9.15 Å². The van der Waals surface area contributed by atoms with E-state index < -0.39 is 6.36 Å². The number of furan rings is 1. The van der Waals surface area contributed by atoms with Gasteiger partial charge in [-0.15, -0.1) is 13.2 Å². The Labute approximate surface area is 156 Å². The zero-order valence-corrected chi connectivity index (χ0v) is 14.1. The highest BCUT2D eigenvalue weighted by Gasteiger charge is 2.30. The molecule has 4 aromatic rings. The molecule has 0 aliphatic heterocycles. The number of benzene rings is 2. The Balaban J connectivity index is 1.43. The van der Waals surface area contributed by atoms with Gasteiger partial charge in [0.1, 0.15) is 29.1 Å². The zero-order chi connectivity index (χ0) is 19.6. The van der Waals surface area contributed by atoms with Gasteiger partial charge in [-0.25, -0.2) is 9.97 Å². The third-order valence-electron chi connectivity index (χ3n) is 3.65. The molecule has 0 spiro atoms. The van der Waals surface area contributed by atoms with Gasteiger partial charge in [0.2, 0.25) is 0 Å². The minimum atomic E-state index is -4.73. The Morgan fingerprint density at radius 1 is 0.821 bits per heavy atom. The van der Waals surface area contributed by atoms with Gasteiger partial charge in [0.05, 0.1) is 6.26 Å². The van der Waals surface area contributed by atoms with E-state index >= 15 is 0 Å². The summed E-state index contributed by atoms with van der Waals surface area (Å²) < 4.78 is 51.3. The number of anilines is 2. The summed E-state index contributed by atoms with van der Waals surface area (Å²) >= 11 is 0. The maximum absolute atomic E-state index is 12.2. The molecule has 0 atom stereocenters. The molecule has 0 bridgehead atoms. The average Bonchev–Trinajstić information content (AvgIpc) is 3.14. The van der Waals surface area contributed by atoms with Crippen LogP contribution >= 0.6 is 0 Å². The molecule has 2 heterocycles. The second kappa shape index (κ2) is 7.10. The van der Waals surface area contributed by atoms with Gasteiger partial charge in [0.15, 0.2) is 11.4 Å². The largest absolute Gasteiger partial charge is 0.573 e. The summed E-state index contributed by atoms with van der Waals surface area (Å²) in [7, 11) is 0. The molecule has 0 unspecified atom stereocenters. The smallest absolute Gasteiger partial charge is 0.459 e. The van der Waals surface area contributed by atoms with Crippen LogP contribution < -0.4 is 14.8 Å². The van der Waals surface area contributed by atoms with E-state index in [1.165, 1.54) is 36.9 Å². The van der Waals surface area contributed by atoms with Crippen LogP contribution in [0.3, 0.4) is 0 Å². The molecule has 6 nitrogen and oxygen atoms in total. The number of fused-ring (bicyclic) bond motifs is 1. The van der Waals surface area contributed by atoms with Crippen molar-refractivity contribution >= 4 is 22.6 Å². The molecule has 9 heteroatoms. The maximum Gasteiger partial charge on any atom is 0.573 e. The molecule has 0 amide bonds. The summed E-state index contributed by atoms with van der Waals surface area (Å²) in [6.45, 7) is 0. The first-order valence-corrected chi connectivity index (χ1v) is 8.05. The standard InChI is InChI=1S/C19H12F3N3O3/c20-19(21,22)28-15-7-5-14(6-8-15)27-13-3-1-12(2-4-13)25-18-17-16(9-10-26-17)23-11-24-18/h1-11H,(H,23,24,25). The number of ether oxygens (including phenoxy) is 2. The number of alkyl halides is 3. The van der Waals surface area contributed by atoms with Gasteiger partial charge in [-0.1, -0.05) is 0 Å². The van der Waals surface area contributed by atoms with Gasteiger partial charge in [0.25, 0.3) is 0 Å². The van der Waals surface area contributed by atoms with Crippen LogP contribution in [0.5, 0.6) is 17.2 Å². The van der Waals surface area contributed by atoms with Gasteiger partial charge >= 0.3 is 6.36 Å². The minimum Gasteiger partial charge on any atom is -0.459 e. The fraction of sp³-hybridized carbons (Fsp3) is 0.0526. The molecule has 2 aromatic heterocycles. The molecule has 2 aromatic carbocycles. The Kier molecular flexibility index (Phi) is 4.48. The van der Waals surface area contributed by atoms with Crippen molar-refractivity contribution in [2.24, 2.45) is 0 Å². The highest BCUT2D eigenvalue weighted by molar-refractivity contribution is 5.85. The lowest BCUT2D eigenvalue weighted by molar-refractivity contribution is -0.274. The number of hydrogen-bond donors (Lipinski definition) is 1. The van der Waals surface area contributed by atoms with Gasteiger partial charge in [0, 0.05) is 11.8 Å². The number of halogens is 3. The summed E-state index contributed by atoms with van der Waals surface area (Å²) in [6.07, 6.45) is -1.76. The third kappa shape index (κ3) is 4.14. The van der Waals surface area contributed by atoms with Crippen molar-refractivity contribution in [1.29, 1.82) is 0 Å².